The lowest BCUT2D eigenvalue weighted by molar-refractivity contribution is 0.124. The Balaban J connectivity index is 2.56. The third kappa shape index (κ3) is 5.89. The molecule has 1 heterocycles. The molecule has 0 aliphatic carbocycles. The van der Waals surface area contributed by atoms with E-state index in [0.29, 0.717) is 6.04 Å². The van der Waals surface area contributed by atoms with Gasteiger partial charge in [0.1, 0.15) is 0 Å². The Morgan fingerprint density at radius 3 is 1.55 bits per heavy atom. The predicted octanol–water partition coefficient (Wildman–Crippen LogP) is -0.284. The summed E-state index contributed by atoms with van der Waals surface area (Å²) >= 11 is 0. The van der Waals surface area contributed by atoms with E-state index in [-0.39, 0.29) is 0 Å². The van der Waals surface area contributed by atoms with Gasteiger partial charge in [0.05, 0.1) is 0 Å². The highest BCUT2D eigenvalue weighted by atomic mass is 28.5. The van der Waals surface area contributed by atoms with Crippen LogP contribution in [0.1, 0.15) is 0 Å². The van der Waals surface area contributed by atoms with Gasteiger partial charge < -0.3 is 29.7 Å². The van der Waals surface area contributed by atoms with Crippen molar-refractivity contribution in [1.29, 1.82) is 0 Å². The maximum atomic E-state index is 6.04. The highest BCUT2D eigenvalue weighted by Crippen LogP contribution is 2.19. The zero-order chi connectivity index (χ0) is 15.2. The average Bonchev–Trinajstić information content (AvgIpc) is 2.38. The fraction of sp³-hybridized carbons (Fsp3) is 1.00. The molecule has 1 fully saturated rings. The molecule has 0 aromatic carbocycles. The predicted molar refractivity (Wildman–Crippen MR) is 86.9 cm³/mol. The molecule has 0 aromatic rings. The van der Waals surface area contributed by atoms with E-state index in [0.717, 1.165) is 6.04 Å². The molecule has 0 aromatic heterocycles. The zero-order valence-electron chi connectivity index (χ0n) is 13.1. The summed E-state index contributed by atoms with van der Waals surface area (Å²) in [6.45, 7) is 6.09. The van der Waals surface area contributed by atoms with Crippen LogP contribution in [0.4, 0.5) is 0 Å². The van der Waals surface area contributed by atoms with E-state index in [4.69, 9.17) is 29.7 Å². The smallest absolute Gasteiger partial charge is 0.420 e. The fourth-order valence-electron chi connectivity index (χ4n) is 2.08. The molecule has 12 heteroatoms. The van der Waals surface area contributed by atoms with Gasteiger partial charge in [0.2, 0.25) is 0 Å². The molecule has 120 valence electrons. The van der Waals surface area contributed by atoms with Crippen LogP contribution in [0.2, 0.25) is 31.7 Å². The van der Waals surface area contributed by atoms with E-state index in [1.165, 1.54) is 0 Å². The Morgan fingerprint density at radius 1 is 0.750 bits per heavy atom. The Labute approximate surface area is 129 Å². The first-order chi connectivity index (χ1) is 9.44. The minimum atomic E-state index is -2.56. The highest BCUT2D eigenvalue weighted by Gasteiger charge is 2.40. The van der Waals surface area contributed by atoms with Gasteiger partial charge in [-0.15, -0.1) is 0 Å². The molecule has 0 saturated carbocycles. The Bertz CT molecular complexity index is 260. The van der Waals surface area contributed by atoms with E-state index >= 15 is 0 Å². The van der Waals surface area contributed by atoms with Crippen LogP contribution in [-0.2, 0) is 29.7 Å². The molecule has 0 bridgehead atoms. The van der Waals surface area contributed by atoms with Crippen molar-refractivity contribution in [3.8, 4) is 0 Å². The summed E-state index contributed by atoms with van der Waals surface area (Å²) in [6, 6.07) is 1.49. The van der Waals surface area contributed by atoms with Gasteiger partial charge in [0.25, 0.3) is 27.9 Å². The molecule has 1 rings (SSSR count). The van der Waals surface area contributed by atoms with Crippen molar-refractivity contribution in [1.82, 2.24) is 0 Å². The van der Waals surface area contributed by atoms with E-state index in [1.807, 2.05) is 19.6 Å². The molecule has 20 heavy (non-hydrogen) atoms. The van der Waals surface area contributed by atoms with Crippen molar-refractivity contribution in [2.45, 2.75) is 31.7 Å². The third-order valence-corrected chi connectivity index (χ3v) is 18.8. The van der Waals surface area contributed by atoms with Crippen molar-refractivity contribution in [3.05, 3.63) is 0 Å². The van der Waals surface area contributed by atoms with E-state index in [1.54, 1.807) is 21.3 Å². The van der Waals surface area contributed by atoms with Gasteiger partial charge in [-0.25, -0.2) is 0 Å². The summed E-state index contributed by atoms with van der Waals surface area (Å²) in [5.41, 5.74) is 0. The minimum Gasteiger partial charge on any atom is -0.420 e. The number of rotatable bonds is 6. The normalized spacial score (nSPS) is 32.7. The zero-order valence-corrected chi connectivity index (χ0v) is 18.7. The van der Waals surface area contributed by atoms with Crippen LogP contribution < -0.4 is 0 Å². The summed E-state index contributed by atoms with van der Waals surface area (Å²) in [6.07, 6.45) is 0. The summed E-state index contributed by atoms with van der Waals surface area (Å²) in [5.74, 6) is 0. The second-order valence-corrected chi connectivity index (χ2v) is 16.8. The second kappa shape index (κ2) is 9.06. The van der Waals surface area contributed by atoms with E-state index in [2.05, 4.69) is 0 Å². The first kappa shape index (κ1) is 18.9. The van der Waals surface area contributed by atoms with Crippen molar-refractivity contribution >= 4 is 45.9 Å². The first-order valence-electron chi connectivity index (χ1n) is 6.72. The van der Waals surface area contributed by atoms with Gasteiger partial charge in [-0.2, -0.15) is 0 Å². The van der Waals surface area contributed by atoms with E-state index in [9.17, 15) is 0 Å². The minimum absolute atomic E-state index is 0.697. The van der Waals surface area contributed by atoms with Gasteiger partial charge >= 0.3 is 18.1 Å². The average molecular weight is 375 g/mol. The van der Waals surface area contributed by atoms with Crippen LogP contribution in [-0.4, -0.2) is 67.3 Å². The lowest BCUT2D eigenvalue weighted by Gasteiger charge is -2.32. The molecule has 0 N–H and O–H groups in total. The molecule has 1 aliphatic rings. The molecular weight excluding hydrogens is 349 g/mol. The maximum Gasteiger partial charge on any atom is 0.500 e. The maximum absolute atomic E-state index is 6.04. The lowest BCUT2D eigenvalue weighted by Crippen LogP contribution is -2.48. The van der Waals surface area contributed by atoms with Crippen LogP contribution in [0.25, 0.3) is 0 Å². The largest absolute Gasteiger partial charge is 0.500 e. The topological polar surface area (TPSA) is 64.6 Å². The first-order valence-corrected chi connectivity index (χ1v) is 16.7. The standard InChI is InChI=1S/C8H26O7Si5/c1-9-20(10-2,11-3)8-7-19-14-17(5)12-16(4)13-18(6)15-19/h16-19H,7-8H2,1-6H3. The third-order valence-electron chi connectivity index (χ3n) is 3.07. The second-order valence-electron chi connectivity index (χ2n) is 4.51. The van der Waals surface area contributed by atoms with Crippen molar-refractivity contribution in [2.24, 2.45) is 0 Å². The Hall–Kier alpha value is 0.804. The van der Waals surface area contributed by atoms with Crippen LogP contribution in [0.15, 0.2) is 0 Å². The molecule has 1 saturated heterocycles. The number of hydrogen-bond acceptors (Lipinski definition) is 7. The van der Waals surface area contributed by atoms with Crippen molar-refractivity contribution < 1.29 is 29.7 Å². The van der Waals surface area contributed by atoms with Gasteiger partial charge in [-0.3, -0.25) is 0 Å². The van der Waals surface area contributed by atoms with Gasteiger partial charge in [0.15, 0.2) is 0 Å². The summed E-state index contributed by atoms with van der Waals surface area (Å²) in [4.78, 5) is 0. The Morgan fingerprint density at radius 2 is 1.15 bits per heavy atom. The lowest BCUT2D eigenvalue weighted by atomic mass is 11.0. The Kier molecular flexibility index (Phi) is 8.54. The summed E-state index contributed by atoms with van der Waals surface area (Å²) in [7, 11) is -4.31. The van der Waals surface area contributed by atoms with Crippen molar-refractivity contribution in [2.75, 3.05) is 21.3 Å². The molecule has 2 unspecified atom stereocenters. The number of hydrogen-bond donors (Lipinski definition) is 0. The van der Waals surface area contributed by atoms with Crippen LogP contribution >= 0.6 is 0 Å². The molecule has 2 atom stereocenters. The summed E-state index contributed by atoms with van der Waals surface area (Å²) in [5, 5.41) is 0. The fourth-order valence-corrected chi connectivity index (χ4v) is 17.7. The molecule has 0 amide bonds. The molecule has 0 radical (unpaired) electrons. The van der Waals surface area contributed by atoms with Crippen LogP contribution in [0.5, 0.6) is 0 Å². The van der Waals surface area contributed by atoms with Crippen molar-refractivity contribution in [3.63, 3.8) is 0 Å². The van der Waals surface area contributed by atoms with Crippen LogP contribution in [0, 0.1) is 0 Å². The summed E-state index contributed by atoms with van der Waals surface area (Å²) < 4.78 is 40.0. The highest BCUT2D eigenvalue weighted by molar-refractivity contribution is 6.73. The quantitative estimate of drug-likeness (QED) is 0.592. The SMILES string of the molecule is CO[Si](CC[SiH]1O[SiH](C)O[SiH](C)O[SiH](C)O1)(OC)OC. The molecule has 0 spiro atoms. The monoisotopic (exact) mass is 374 g/mol. The molecule has 1 aliphatic heterocycles. The van der Waals surface area contributed by atoms with E-state index < -0.39 is 45.9 Å². The van der Waals surface area contributed by atoms with Gasteiger partial charge in [-0.1, -0.05) is 0 Å². The molecular formula is C8H26O7Si5. The van der Waals surface area contributed by atoms with Gasteiger partial charge in [0, 0.05) is 27.4 Å². The van der Waals surface area contributed by atoms with Gasteiger partial charge in [-0.05, 0) is 25.7 Å². The molecule has 7 nitrogen and oxygen atoms in total. The van der Waals surface area contributed by atoms with Crippen LogP contribution in [0.3, 0.4) is 0 Å².